The Labute approximate surface area is 213 Å². The van der Waals surface area contributed by atoms with Crippen molar-refractivity contribution in [3.8, 4) is 0 Å². The van der Waals surface area contributed by atoms with E-state index in [1.54, 1.807) is 17.6 Å². The molecule has 0 aliphatic carbocycles. The van der Waals surface area contributed by atoms with Crippen molar-refractivity contribution in [2.45, 2.75) is 19.5 Å². The van der Waals surface area contributed by atoms with Crippen LogP contribution in [0.4, 0.5) is 41.3 Å². The minimum atomic E-state index is -4.76. The van der Waals surface area contributed by atoms with E-state index >= 15 is 0 Å². The zero-order chi connectivity index (χ0) is 26.4. The van der Waals surface area contributed by atoms with Crippen LogP contribution in [0.2, 0.25) is 0 Å². The summed E-state index contributed by atoms with van der Waals surface area (Å²) < 4.78 is 46.6. The van der Waals surface area contributed by atoms with Gasteiger partial charge in [-0.3, -0.25) is 4.79 Å². The Morgan fingerprint density at radius 1 is 1.22 bits per heavy atom. The molecule has 1 saturated heterocycles. The third-order valence-corrected chi connectivity index (χ3v) is 6.57. The first-order valence-electron chi connectivity index (χ1n) is 11.2. The maximum Gasteiger partial charge on any atom is 0.421 e. The number of ether oxygens (including phenoxy) is 1. The van der Waals surface area contributed by atoms with E-state index in [1.165, 1.54) is 6.07 Å². The molecule has 0 atom stereocenters. The number of rotatable bonds is 9. The quantitative estimate of drug-likeness (QED) is 0.272. The Bertz CT molecular complexity index is 1250. The molecule has 37 heavy (non-hydrogen) atoms. The average Bonchev–Trinajstić information content (AvgIpc) is 3.30. The fourth-order valence-electron chi connectivity index (χ4n) is 3.55. The Kier molecular flexibility index (Phi) is 8.08. The molecule has 0 spiro atoms. The number of halogens is 3. The summed E-state index contributed by atoms with van der Waals surface area (Å²) in [6.45, 7) is 4.66. The van der Waals surface area contributed by atoms with Gasteiger partial charge in [-0.15, -0.1) is 11.3 Å². The lowest BCUT2D eigenvalue weighted by molar-refractivity contribution is -0.137. The van der Waals surface area contributed by atoms with Gasteiger partial charge in [0.15, 0.2) is 0 Å². The van der Waals surface area contributed by atoms with Crippen LogP contribution in [0.25, 0.3) is 0 Å². The van der Waals surface area contributed by atoms with Crippen molar-refractivity contribution >= 4 is 51.9 Å². The van der Waals surface area contributed by atoms with Gasteiger partial charge in [-0.2, -0.15) is 23.6 Å². The van der Waals surface area contributed by atoms with Gasteiger partial charge in [0, 0.05) is 35.5 Å². The van der Waals surface area contributed by atoms with E-state index < -0.39 is 23.5 Å². The molecule has 0 radical (unpaired) electrons. The smallest absolute Gasteiger partial charge is 0.378 e. The number of nitrogens with one attached hydrogen (secondary N) is 3. The van der Waals surface area contributed by atoms with Crippen molar-refractivity contribution in [3.05, 3.63) is 52.5 Å². The van der Waals surface area contributed by atoms with Crippen molar-refractivity contribution < 1.29 is 32.3 Å². The number of aryl methyl sites for hydroxylation is 1. The summed E-state index contributed by atoms with van der Waals surface area (Å²) in [4.78, 5) is 38.1. The number of alkyl halides is 3. The summed E-state index contributed by atoms with van der Waals surface area (Å²) in [5.74, 6) is -1.56. The summed E-state index contributed by atoms with van der Waals surface area (Å²) in [5.41, 5.74) is 2.20. The third kappa shape index (κ3) is 6.46. The zero-order valence-electron chi connectivity index (χ0n) is 19.6. The normalized spacial score (nSPS) is 13.7. The molecule has 4 rings (SSSR count). The number of carbonyl (C=O) groups excluding carboxylic acids is 2. The summed E-state index contributed by atoms with van der Waals surface area (Å²) in [5, 5.41) is 5.60. The van der Waals surface area contributed by atoms with Crippen molar-refractivity contribution in [2.75, 3.05) is 41.8 Å². The van der Waals surface area contributed by atoms with Crippen molar-refractivity contribution in [3.63, 3.8) is 0 Å². The second-order valence-corrected chi connectivity index (χ2v) is 8.92. The van der Waals surface area contributed by atoms with Gasteiger partial charge < -0.3 is 25.1 Å². The molecule has 14 heteroatoms. The van der Waals surface area contributed by atoms with Crippen LogP contribution in [0, 0.1) is 0 Å². The van der Waals surface area contributed by atoms with Crippen LogP contribution in [0.15, 0.2) is 36.5 Å². The number of aromatic nitrogens is 2. The van der Waals surface area contributed by atoms with E-state index in [9.17, 15) is 22.8 Å². The van der Waals surface area contributed by atoms with Gasteiger partial charge in [-0.05, 0) is 36.8 Å². The lowest BCUT2D eigenvalue weighted by Gasteiger charge is -2.28. The molecule has 3 N–H and O–H groups in total. The first-order chi connectivity index (χ1) is 17.8. The monoisotopic (exact) mass is 536 g/mol. The number of hydroxylamine groups is 1. The van der Waals surface area contributed by atoms with Gasteiger partial charge in [0.1, 0.15) is 16.4 Å². The maximum atomic E-state index is 13.7. The molecule has 0 saturated carbocycles. The van der Waals surface area contributed by atoms with Gasteiger partial charge in [0.05, 0.1) is 18.8 Å². The van der Waals surface area contributed by atoms with Crippen molar-refractivity contribution in [1.29, 1.82) is 0 Å². The molecule has 1 fully saturated rings. The molecular weight excluding hydrogens is 513 g/mol. The number of thiophene rings is 1. The highest BCUT2D eigenvalue weighted by Crippen LogP contribution is 2.38. The van der Waals surface area contributed by atoms with E-state index in [1.807, 2.05) is 19.1 Å². The number of hydrogen-bond donors (Lipinski definition) is 3. The Hall–Kier alpha value is -3.91. The van der Waals surface area contributed by atoms with Crippen LogP contribution in [-0.4, -0.2) is 48.7 Å². The summed E-state index contributed by atoms with van der Waals surface area (Å²) in [7, 11) is 0. The predicted octanol–water partition coefficient (Wildman–Crippen LogP) is 4.26. The zero-order valence-corrected chi connectivity index (χ0v) is 20.4. The van der Waals surface area contributed by atoms with Crippen LogP contribution in [-0.2, 0) is 27.0 Å². The van der Waals surface area contributed by atoms with E-state index in [0.717, 1.165) is 30.1 Å². The minimum Gasteiger partial charge on any atom is -0.378 e. The van der Waals surface area contributed by atoms with Crippen molar-refractivity contribution in [2.24, 2.45) is 0 Å². The van der Waals surface area contributed by atoms with Gasteiger partial charge in [-0.25, -0.2) is 9.78 Å². The van der Waals surface area contributed by atoms with Gasteiger partial charge in [0.2, 0.25) is 12.4 Å². The fraction of sp³-hybridized carbons (Fsp3) is 0.304. The second-order valence-electron chi connectivity index (χ2n) is 7.78. The van der Waals surface area contributed by atoms with Gasteiger partial charge in [-0.1, -0.05) is 6.92 Å². The van der Waals surface area contributed by atoms with Crippen LogP contribution in [0.1, 0.15) is 27.7 Å². The van der Waals surface area contributed by atoms with E-state index in [2.05, 4.69) is 30.3 Å². The number of carbonyl (C=O) groups is 2. The SMILES string of the molecule is CCc1cc(C(=O)ONC=O)c(Nc2nc(Nc3ccc(N4CCOCC4)cc3)ncc2C(F)(F)F)s1. The lowest BCUT2D eigenvalue weighted by atomic mass is 10.2. The molecule has 1 amide bonds. The minimum absolute atomic E-state index is 0.0452. The highest BCUT2D eigenvalue weighted by atomic mass is 32.1. The molecule has 10 nitrogen and oxygen atoms in total. The number of benzene rings is 1. The number of anilines is 5. The molecule has 2 aromatic heterocycles. The highest BCUT2D eigenvalue weighted by molar-refractivity contribution is 7.16. The summed E-state index contributed by atoms with van der Waals surface area (Å²) >= 11 is 1.07. The lowest BCUT2D eigenvalue weighted by Crippen LogP contribution is -2.36. The van der Waals surface area contributed by atoms with E-state index in [0.29, 0.717) is 36.4 Å². The first-order valence-corrected chi connectivity index (χ1v) is 12.0. The molecule has 3 heterocycles. The predicted molar refractivity (Wildman–Crippen MR) is 131 cm³/mol. The number of morpholine rings is 1. The second kappa shape index (κ2) is 11.4. The van der Waals surface area contributed by atoms with Crippen LogP contribution >= 0.6 is 11.3 Å². The standard InChI is InChI=1S/C23H23F3N6O4S/c1-2-16-11-17(21(34)36-28-13-33)20(37-16)30-19-18(23(24,25)26)12-27-22(31-19)29-14-3-5-15(6-4-14)32-7-9-35-10-8-32/h3-6,11-13H,2,7-10H2,1H3,(H,28,33)(H2,27,29,30,31). The van der Waals surface area contributed by atoms with Crippen LogP contribution < -0.4 is 21.0 Å². The molecule has 1 aromatic carbocycles. The summed E-state index contributed by atoms with van der Waals surface area (Å²) in [6.07, 6.45) is -3.40. The Morgan fingerprint density at radius 2 is 1.95 bits per heavy atom. The number of hydrogen-bond acceptors (Lipinski definition) is 10. The largest absolute Gasteiger partial charge is 0.421 e. The molecule has 0 unspecified atom stereocenters. The molecule has 0 bridgehead atoms. The maximum absolute atomic E-state index is 13.7. The third-order valence-electron chi connectivity index (χ3n) is 5.38. The first kappa shape index (κ1) is 26.2. The molecular formula is C23H23F3N6O4S. The summed E-state index contributed by atoms with van der Waals surface area (Å²) in [6, 6.07) is 8.81. The van der Waals surface area contributed by atoms with E-state index in [-0.39, 0.29) is 22.9 Å². The molecule has 1 aliphatic rings. The molecule has 196 valence electrons. The highest BCUT2D eigenvalue weighted by Gasteiger charge is 2.36. The van der Waals surface area contributed by atoms with E-state index in [4.69, 9.17) is 4.74 Å². The molecule has 3 aromatic rings. The molecule has 1 aliphatic heterocycles. The topological polar surface area (TPSA) is 118 Å². The Morgan fingerprint density at radius 3 is 2.59 bits per heavy atom. The van der Waals surface area contributed by atoms with Crippen LogP contribution in [0.5, 0.6) is 0 Å². The van der Waals surface area contributed by atoms with Crippen LogP contribution in [0.3, 0.4) is 0 Å². The van der Waals surface area contributed by atoms with Crippen molar-refractivity contribution in [1.82, 2.24) is 15.4 Å². The Balaban J connectivity index is 1.60. The number of amides is 1. The fourth-order valence-corrected chi connectivity index (χ4v) is 4.54. The van der Waals surface area contributed by atoms with Gasteiger partial charge >= 0.3 is 12.1 Å². The number of nitrogens with zero attached hydrogens (tertiary/aromatic N) is 3. The average molecular weight is 537 g/mol. The van der Waals surface area contributed by atoms with Gasteiger partial charge in [0.25, 0.3) is 0 Å².